The van der Waals surface area contributed by atoms with Crippen molar-refractivity contribution in [2.24, 2.45) is 0 Å². The predicted molar refractivity (Wildman–Crippen MR) is 109 cm³/mol. The molecule has 0 aliphatic heterocycles. The fourth-order valence-electron chi connectivity index (χ4n) is 1.49. The normalized spacial score (nSPS) is 11.0. The Labute approximate surface area is 166 Å². The zero-order valence-electron chi connectivity index (χ0n) is 17.1. The van der Waals surface area contributed by atoms with Crippen LogP contribution in [-0.2, 0) is 11.2 Å². The standard InChI is InChI=1S/C12H18N2O2.C7H6N2.2CH4/c1-9-5-6-10(13-7-9)8-14-11(15)16-12(2,3)4;1-6-2-3-7(4-8)9-5-6;;/h5-7H,8H2,1-4H3,(H,14,15);2-3,5H,1H3;2*1H4/i8D2;;;. The van der Waals surface area contributed by atoms with Crippen molar-refractivity contribution in [3.63, 3.8) is 0 Å². The molecule has 0 spiro atoms. The Morgan fingerprint density at radius 2 is 1.70 bits per heavy atom. The molecular formula is C21H32N4O2. The average molecular weight is 375 g/mol. The van der Waals surface area contributed by atoms with E-state index >= 15 is 0 Å². The van der Waals surface area contributed by atoms with E-state index in [0.29, 0.717) is 5.69 Å². The molecule has 148 valence electrons. The van der Waals surface area contributed by atoms with Crippen molar-refractivity contribution in [2.75, 3.05) is 0 Å². The highest BCUT2D eigenvalue weighted by molar-refractivity contribution is 5.67. The van der Waals surface area contributed by atoms with E-state index in [9.17, 15) is 4.79 Å². The highest BCUT2D eigenvalue weighted by Gasteiger charge is 2.15. The van der Waals surface area contributed by atoms with Gasteiger partial charge in [0.05, 0.1) is 14.9 Å². The van der Waals surface area contributed by atoms with E-state index in [1.54, 1.807) is 45.3 Å². The second-order valence-electron chi connectivity index (χ2n) is 6.31. The molecule has 0 unspecified atom stereocenters. The number of aryl methyl sites for hydroxylation is 2. The molecule has 27 heavy (non-hydrogen) atoms. The van der Waals surface area contributed by atoms with Crippen LogP contribution in [0.5, 0.6) is 0 Å². The van der Waals surface area contributed by atoms with Crippen LogP contribution in [0.1, 0.15) is 60.9 Å². The minimum atomic E-state index is -2.06. The van der Waals surface area contributed by atoms with E-state index in [2.05, 4.69) is 15.3 Å². The van der Waals surface area contributed by atoms with Crippen molar-refractivity contribution < 1.29 is 12.3 Å². The molecule has 1 amide bonds. The average Bonchev–Trinajstić information content (AvgIpc) is 2.54. The molecular weight excluding hydrogens is 340 g/mol. The van der Waals surface area contributed by atoms with Crippen molar-refractivity contribution in [3.8, 4) is 6.07 Å². The number of carbonyl (C=O) groups is 1. The third-order valence-corrected chi connectivity index (χ3v) is 2.63. The smallest absolute Gasteiger partial charge is 0.407 e. The Morgan fingerprint density at radius 3 is 2.11 bits per heavy atom. The molecule has 0 fully saturated rings. The van der Waals surface area contributed by atoms with Crippen molar-refractivity contribution in [2.45, 2.75) is 61.6 Å². The van der Waals surface area contributed by atoms with E-state index in [1.165, 1.54) is 6.07 Å². The van der Waals surface area contributed by atoms with Gasteiger partial charge in [0.2, 0.25) is 0 Å². The minimum Gasteiger partial charge on any atom is -0.444 e. The van der Waals surface area contributed by atoms with E-state index in [0.717, 1.165) is 11.1 Å². The summed E-state index contributed by atoms with van der Waals surface area (Å²) in [5.41, 5.74) is 1.95. The summed E-state index contributed by atoms with van der Waals surface area (Å²) in [4.78, 5) is 19.3. The third kappa shape index (κ3) is 12.1. The van der Waals surface area contributed by atoms with Crippen LogP contribution >= 0.6 is 0 Å². The largest absolute Gasteiger partial charge is 0.444 e. The van der Waals surface area contributed by atoms with Gasteiger partial charge in [-0.2, -0.15) is 5.26 Å². The molecule has 6 nitrogen and oxygen atoms in total. The first-order valence-corrected chi connectivity index (χ1v) is 7.70. The zero-order chi connectivity index (χ0) is 20.7. The Kier molecular flexibility index (Phi) is 10.2. The minimum absolute atomic E-state index is 0. The van der Waals surface area contributed by atoms with Crippen molar-refractivity contribution in [3.05, 3.63) is 59.2 Å². The lowest BCUT2D eigenvalue weighted by Crippen LogP contribution is -2.32. The van der Waals surface area contributed by atoms with Crippen molar-refractivity contribution >= 4 is 6.09 Å². The molecule has 2 heterocycles. The van der Waals surface area contributed by atoms with Crippen LogP contribution in [0, 0.1) is 25.2 Å². The highest BCUT2D eigenvalue weighted by Crippen LogP contribution is 2.06. The van der Waals surface area contributed by atoms with Crippen molar-refractivity contribution in [1.29, 1.82) is 5.26 Å². The molecule has 0 saturated heterocycles. The maximum Gasteiger partial charge on any atom is 0.407 e. The maximum atomic E-state index is 11.5. The number of hydrogen-bond donors (Lipinski definition) is 1. The van der Waals surface area contributed by atoms with E-state index in [-0.39, 0.29) is 20.5 Å². The van der Waals surface area contributed by atoms with Crippen LogP contribution < -0.4 is 5.32 Å². The number of alkyl carbamates (subject to hydrolysis) is 1. The zero-order valence-corrected chi connectivity index (χ0v) is 15.1. The molecule has 6 heteroatoms. The lowest BCUT2D eigenvalue weighted by Gasteiger charge is -2.19. The van der Waals surface area contributed by atoms with Crippen LogP contribution in [-0.4, -0.2) is 21.7 Å². The first kappa shape index (κ1) is 22.1. The lowest BCUT2D eigenvalue weighted by atomic mass is 10.2. The SMILES string of the molecule is C.C.Cc1ccc(C#N)nc1.[2H]C([2H])(NC(=O)OC(C)(C)C)c1ccc(C)cn1. The number of pyridine rings is 2. The topological polar surface area (TPSA) is 87.9 Å². The lowest BCUT2D eigenvalue weighted by molar-refractivity contribution is 0.0523. The number of nitriles is 1. The van der Waals surface area contributed by atoms with Gasteiger partial charge in [-0.3, -0.25) is 4.98 Å². The van der Waals surface area contributed by atoms with Gasteiger partial charge < -0.3 is 10.1 Å². The summed E-state index contributed by atoms with van der Waals surface area (Å²) >= 11 is 0. The van der Waals surface area contributed by atoms with E-state index in [1.807, 2.05) is 26.0 Å². The third-order valence-electron chi connectivity index (χ3n) is 2.63. The molecule has 0 radical (unpaired) electrons. The molecule has 0 bridgehead atoms. The molecule has 0 aromatic carbocycles. The van der Waals surface area contributed by atoms with Crippen LogP contribution in [0.25, 0.3) is 0 Å². The first-order chi connectivity index (χ1) is 12.4. The maximum absolute atomic E-state index is 11.5. The number of nitrogens with one attached hydrogen (secondary N) is 1. The number of hydrogen-bond acceptors (Lipinski definition) is 5. The van der Waals surface area contributed by atoms with Gasteiger partial charge in [0.25, 0.3) is 0 Å². The Bertz CT molecular complexity index is 793. The van der Waals surface area contributed by atoms with Gasteiger partial charge in [0.1, 0.15) is 17.4 Å². The Morgan fingerprint density at radius 1 is 1.15 bits per heavy atom. The van der Waals surface area contributed by atoms with E-state index < -0.39 is 18.2 Å². The van der Waals surface area contributed by atoms with Gasteiger partial charge in [-0.25, -0.2) is 9.78 Å². The van der Waals surface area contributed by atoms with Crippen LogP contribution in [0.3, 0.4) is 0 Å². The Balaban J connectivity index is 0. The van der Waals surface area contributed by atoms with Crippen LogP contribution in [0.2, 0.25) is 0 Å². The summed E-state index contributed by atoms with van der Waals surface area (Å²) in [6.07, 6.45) is 2.41. The van der Waals surface area contributed by atoms with Crippen LogP contribution in [0.4, 0.5) is 4.79 Å². The highest BCUT2D eigenvalue weighted by atomic mass is 16.6. The molecule has 0 aliphatic rings. The van der Waals surface area contributed by atoms with Gasteiger partial charge in [-0.05, 0) is 57.9 Å². The molecule has 0 saturated carbocycles. The molecule has 2 aromatic rings. The quantitative estimate of drug-likeness (QED) is 0.803. The summed E-state index contributed by atoms with van der Waals surface area (Å²) in [7, 11) is 0. The van der Waals surface area contributed by atoms with Gasteiger partial charge >= 0.3 is 6.09 Å². The molecule has 2 rings (SSSR count). The first-order valence-electron chi connectivity index (χ1n) is 8.70. The second-order valence-corrected chi connectivity index (χ2v) is 6.31. The number of amides is 1. The number of nitrogens with zero attached hydrogens (tertiary/aromatic N) is 3. The van der Waals surface area contributed by atoms with Crippen molar-refractivity contribution in [1.82, 2.24) is 15.3 Å². The van der Waals surface area contributed by atoms with Gasteiger partial charge in [0.15, 0.2) is 0 Å². The number of aromatic nitrogens is 2. The summed E-state index contributed by atoms with van der Waals surface area (Å²) in [6.45, 7) is 6.88. The fraction of sp³-hybridized carbons (Fsp3) is 0.429. The molecule has 0 atom stereocenters. The number of carbonyl (C=O) groups excluding carboxylic acids is 1. The molecule has 1 N–H and O–H groups in total. The fourth-order valence-corrected chi connectivity index (χ4v) is 1.49. The van der Waals surface area contributed by atoms with E-state index in [4.69, 9.17) is 12.7 Å². The monoisotopic (exact) mass is 374 g/mol. The van der Waals surface area contributed by atoms with Gasteiger partial charge in [-0.1, -0.05) is 27.0 Å². The molecule has 0 aliphatic carbocycles. The predicted octanol–water partition coefficient (Wildman–Crippen LogP) is 4.95. The van der Waals surface area contributed by atoms with Crippen LogP contribution in [0.15, 0.2) is 36.7 Å². The summed E-state index contributed by atoms with van der Waals surface area (Å²) in [5.74, 6) is 0. The number of rotatable bonds is 2. The van der Waals surface area contributed by atoms with Gasteiger partial charge in [0, 0.05) is 12.4 Å². The van der Waals surface area contributed by atoms with Gasteiger partial charge in [-0.15, -0.1) is 0 Å². The molecule has 2 aromatic heterocycles. The summed E-state index contributed by atoms with van der Waals surface area (Å²) < 4.78 is 20.5. The second kappa shape index (κ2) is 12.4. The summed E-state index contributed by atoms with van der Waals surface area (Å²) in [5, 5.41) is 10.5. The number of ether oxygens (including phenoxy) is 1. The Hall–Kier alpha value is -2.94. The summed E-state index contributed by atoms with van der Waals surface area (Å²) in [6, 6.07) is 8.78.